The molecular weight excluding hydrogens is 200 g/mol. The van der Waals surface area contributed by atoms with Crippen LogP contribution in [0.25, 0.3) is 0 Å². The van der Waals surface area contributed by atoms with Gasteiger partial charge in [-0.1, -0.05) is 37.5 Å². The fraction of sp³-hybridized carbons (Fsp3) is 0.462. The number of hydrogen-bond acceptors (Lipinski definition) is 2. The average molecular weight is 216 g/mol. The minimum Gasteiger partial charge on any atom is -0.287 e. The van der Waals surface area contributed by atoms with Crippen LogP contribution >= 0.6 is 0 Å². The second-order valence-electron chi connectivity index (χ2n) is 4.77. The van der Waals surface area contributed by atoms with E-state index in [0.717, 1.165) is 18.4 Å². The van der Waals surface area contributed by atoms with Crippen LogP contribution in [0.3, 0.4) is 0 Å². The van der Waals surface area contributed by atoms with Crippen LogP contribution in [-0.2, 0) is 5.54 Å². The Hall–Kier alpha value is -1.35. The van der Waals surface area contributed by atoms with E-state index >= 15 is 0 Å². The Kier molecular flexibility index (Phi) is 2.21. The highest BCUT2D eigenvalue weighted by atomic mass is 16.2. The van der Waals surface area contributed by atoms with Gasteiger partial charge in [0.25, 0.3) is 5.91 Å². The van der Waals surface area contributed by atoms with Gasteiger partial charge in [0.1, 0.15) is 0 Å². The molecule has 3 rings (SSSR count). The highest BCUT2D eigenvalue weighted by Crippen LogP contribution is 2.39. The Morgan fingerprint density at radius 1 is 1.06 bits per heavy atom. The first-order valence-corrected chi connectivity index (χ1v) is 5.99. The van der Waals surface area contributed by atoms with Gasteiger partial charge < -0.3 is 0 Å². The monoisotopic (exact) mass is 216 g/mol. The maximum atomic E-state index is 11.7. The quantitative estimate of drug-likeness (QED) is 0.697. The van der Waals surface area contributed by atoms with Crippen molar-refractivity contribution >= 4 is 5.91 Å². The van der Waals surface area contributed by atoms with Crippen molar-refractivity contribution in [3.05, 3.63) is 35.4 Å². The molecule has 0 atom stereocenters. The third kappa shape index (κ3) is 1.35. The number of benzene rings is 1. The molecule has 0 radical (unpaired) electrons. The molecule has 1 fully saturated rings. The fourth-order valence-electron chi connectivity index (χ4n) is 2.96. The number of amides is 1. The first-order chi connectivity index (χ1) is 7.82. The molecule has 1 aliphatic heterocycles. The Morgan fingerprint density at radius 3 is 2.62 bits per heavy atom. The summed E-state index contributed by atoms with van der Waals surface area (Å²) >= 11 is 0. The number of carbonyl (C=O) groups excluding carboxylic acids is 1. The molecule has 1 amide bonds. The lowest BCUT2D eigenvalue weighted by atomic mass is 9.74. The molecule has 1 aromatic carbocycles. The summed E-state index contributed by atoms with van der Waals surface area (Å²) in [7, 11) is 0. The first-order valence-electron chi connectivity index (χ1n) is 5.99. The molecule has 3 nitrogen and oxygen atoms in total. The Balaban J connectivity index is 2.09. The highest BCUT2D eigenvalue weighted by Gasteiger charge is 2.39. The van der Waals surface area contributed by atoms with E-state index in [1.165, 1.54) is 24.8 Å². The minimum absolute atomic E-state index is 0.00759. The lowest BCUT2D eigenvalue weighted by molar-refractivity contribution is 0.0838. The van der Waals surface area contributed by atoms with Gasteiger partial charge in [-0.3, -0.25) is 10.2 Å². The van der Waals surface area contributed by atoms with Crippen molar-refractivity contribution in [2.45, 2.75) is 37.6 Å². The van der Waals surface area contributed by atoms with Gasteiger partial charge in [-0.2, -0.15) is 0 Å². The lowest BCUT2D eigenvalue weighted by Gasteiger charge is -2.42. The largest absolute Gasteiger partial charge is 0.287 e. The molecule has 1 saturated carbocycles. The predicted molar refractivity (Wildman–Crippen MR) is 61.8 cm³/mol. The molecule has 0 unspecified atom stereocenters. The number of nitrogens with one attached hydrogen (secondary N) is 2. The van der Waals surface area contributed by atoms with Crippen molar-refractivity contribution in [2.75, 3.05) is 0 Å². The molecule has 2 N–H and O–H groups in total. The van der Waals surface area contributed by atoms with Crippen molar-refractivity contribution in [3.8, 4) is 0 Å². The molecule has 1 heterocycles. The van der Waals surface area contributed by atoms with Crippen LogP contribution in [0.4, 0.5) is 0 Å². The molecule has 2 aliphatic rings. The summed E-state index contributed by atoms with van der Waals surface area (Å²) in [6.45, 7) is 0. The number of rotatable bonds is 0. The van der Waals surface area contributed by atoms with Crippen LogP contribution in [0.15, 0.2) is 24.3 Å². The molecular formula is C13H16N2O. The summed E-state index contributed by atoms with van der Waals surface area (Å²) in [6.07, 6.45) is 6.00. The van der Waals surface area contributed by atoms with E-state index in [-0.39, 0.29) is 11.4 Å². The van der Waals surface area contributed by atoms with Crippen molar-refractivity contribution in [1.29, 1.82) is 0 Å². The molecule has 1 aromatic rings. The van der Waals surface area contributed by atoms with Crippen molar-refractivity contribution in [3.63, 3.8) is 0 Å². The lowest BCUT2D eigenvalue weighted by Crippen LogP contribution is -2.57. The van der Waals surface area contributed by atoms with E-state index in [1.54, 1.807) is 0 Å². The number of carbonyl (C=O) groups is 1. The molecule has 0 bridgehead atoms. The molecule has 16 heavy (non-hydrogen) atoms. The summed E-state index contributed by atoms with van der Waals surface area (Å²) < 4.78 is 0. The zero-order valence-corrected chi connectivity index (χ0v) is 9.25. The summed E-state index contributed by atoms with van der Waals surface area (Å²) in [4.78, 5) is 11.7. The van der Waals surface area contributed by atoms with E-state index in [4.69, 9.17) is 0 Å². The molecule has 0 aromatic heterocycles. The van der Waals surface area contributed by atoms with Crippen LogP contribution in [0.2, 0.25) is 0 Å². The second-order valence-corrected chi connectivity index (χ2v) is 4.77. The second kappa shape index (κ2) is 3.59. The summed E-state index contributed by atoms with van der Waals surface area (Å²) in [5, 5.41) is 0. The zero-order chi connectivity index (χ0) is 11.0. The Bertz CT molecular complexity index is 422. The van der Waals surface area contributed by atoms with Gasteiger partial charge in [-0.15, -0.1) is 0 Å². The van der Waals surface area contributed by atoms with Gasteiger partial charge in [0.2, 0.25) is 0 Å². The molecule has 3 heteroatoms. The van der Waals surface area contributed by atoms with E-state index in [2.05, 4.69) is 16.9 Å². The third-order valence-electron chi connectivity index (χ3n) is 3.81. The van der Waals surface area contributed by atoms with E-state index in [1.807, 2.05) is 18.2 Å². The van der Waals surface area contributed by atoms with Gasteiger partial charge >= 0.3 is 0 Å². The van der Waals surface area contributed by atoms with Gasteiger partial charge in [0.15, 0.2) is 0 Å². The third-order valence-corrected chi connectivity index (χ3v) is 3.81. The first kappa shape index (κ1) is 9.85. The number of hydrogen-bond donors (Lipinski definition) is 2. The Morgan fingerprint density at radius 2 is 1.81 bits per heavy atom. The van der Waals surface area contributed by atoms with Crippen LogP contribution in [-0.4, -0.2) is 5.91 Å². The molecule has 84 valence electrons. The SMILES string of the molecule is O=C1NNC2(CCCCC2)c2ccccc21. The normalized spacial score (nSPS) is 22.6. The summed E-state index contributed by atoms with van der Waals surface area (Å²) in [6, 6.07) is 7.96. The van der Waals surface area contributed by atoms with Crippen LogP contribution in [0, 0.1) is 0 Å². The molecule has 0 saturated heterocycles. The van der Waals surface area contributed by atoms with Gasteiger partial charge in [0.05, 0.1) is 5.54 Å². The summed E-state index contributed by atoms with van der Waals surface area (Å²) in [5.74, 6) is -0.00759. The minimum atomic E-state index is -0.0112. The number of fused-ring (bicyclic) bond motifs is 2. The predicted octanol–water partition coefficient (Wildman–Crippen LogP) is 2.09. The van der Waals surface area contributed by atoms with Crippen molar-refractivity contribution in [2.24, 2.45) is 0 Å². The van der Waals surface area contributed by atoms with Crippen LogP contribution in [0.1, 0.15) is 48.0 Å². The van der Waals surface area contributed by atoms with E-state index in [9.17, 15) is 4.79 Å². The standard InChI is InChI=1S/C13H16N2O/c16-12-10-6-2-3-7-11(10)13(15-14-12)8-4-1-5-9-13/h2-3,6-7,15H,1,4-5,8-9H2,(H,14,16). The van der Waals surface area contributed by atoms with Crippen LogP contribution in [0.5, 0.6) is 0 Å². The smallest absolute Gasteiger partial charge is 0.265 e. The topological polar surface area (TPSA) is 41.1 Å². The average Bonchev–Trinajstić information content (AvgIpc) is 2.36. The maximum absolute atomic E-state index is 11.7. The van der Waals surface area contributed by atoms with Gasteiger partial charge in [-0.05, 0) is 24.5 Å². The zero-order valence-electron chi connectivity index (χ0n) is 9.25. The maximum Gasteiger partial charge on any atom is 0.265 e. The van der Waals surface area contributed by atoms with Gasteiger partial charge in [-0.25, -0.2) is 5.43 Å². The van der Waals surface area contributed by atoms with Gasteiger partial charge in [0, 0.05) is 5.56 Å². The van der Waals surface area contributed by atoms with Crippen molar-refractivity contribution in [1.82, 2.24) is 10.9 Å². The molecule has 1 spiro atoms. The van der Waals surface area contributed by atoms with E-state index in [0.29, 0.717) is 0 Å². The Labute approximate surface area is 95.2 Å². The van der Waals surface area contributed by atoms with E-state index < -0.39 is 0 Å². The molecule has 1 aliphatic carbocycles. The fourth-order valence-corrected chi connectivity index (χ4v) is 2.96. The van der Waals surface area contributed by atoms with Crippen molar-refractivity contribution < 1.29 is 4.79 Å². The number of hydrazine groups is 1. The highest BCUT2D eigenvalue weighted by molar-refractivity contribution is 5.96. The summed E-state index contributed by atoms with van der Waals surface area (Å²) in [5.41, 5.74) is 8.05. The van der Waals surface area contributed by atoms with Crippen LogP contribution < -0.4 is 10.9 Å².